The predicted octanol–water partition coefficient (Wildman–Crippen LogP) is 2.90. The molecule has 20 heavy (non-hydrogen) atoms. The lowest BCUT2D eigenvalue weighted by Gasteiger charge is -2.02. The number of amides is 1. The molecule has 0 aliphatic heterocycles. The monoisotopic (exact) mass is 321 g/mol. The second-order valence-corrected chi connectivity index (χ2v) is 3.79. The van der Waals surface area contributed by atoms with Crippen molar-refractivity contribution in [1.82, 2.24) is 5.32 Å². The van der Waals surface area contributed by atoms with Gasteiger partial charge in [0.1, 0.15) is 5.75 Å². The van der Waals surface area contributed by atoms with Gasteiger partial charge in [-0.15, -0.1) is 0 Å². The minimum Gasteiger partial charge on any atom is -0.473 e. The first-order chi connectivity index (χ1) is 9.18. The number of hydrogen-bond donors (Lipinski definition) is 5. The third-order valence-corrected chi connectivity index (χ3v) is 1.40. The van der Waals surface area contributed by atoms with Crippen molar-refractivity contribution in [2.45, 2.75) is 6.92 Å². The summed E-state index contributed by atoms with van der Waals surface area (Å²) in [4.78, 5) is 28.5. The van der Waals surface area contributed by atoms with E-state index in [1.165, 1.54) is 7.05 Å². The molecule has 9 heteroatoms. The van der Waals surface area contributed by atoms with E-state index in [1.807, 2.05) is 19.1 Å². The molecule has 0 unspecified atom stereocenters. The SMILES string of the molecule is CNC(=O)Oc1cccc(C)c1.O=C(O)S.O=C(O)S. The number of thiol groups is 2. The molecule has 1 rings (SSSR count). The molecule has 7 nitrogen and oxygen atoms in total. The van der Waals surface area contributed by atoms with Gasteiger partial charge in [-0.3, -0.25) is 0 Å². The van der Waals surface area contributed by atoms with Crippen LogP contribution in [-0.4, -0.2) is 34.0 Å². The van der Waals surface area contributed by atoms with E-state index in [4.69, 9.17) is 24.5 Å². The molecule has 0 heterocycles. The van der Waals surface area contributed by atoms with E-state index in [9.17, 15) is 4.79 Å². The number of carbonyl (C=O) groups is 3. The van der Waals surface area contributed by atoms with Crippen LogP contribution < -0.4 is 10.1 Å². The second kappa shape index (κ2) is 12.2. The van der Waals surface area contributed by atoms with E-state index < -0.39 is 16.7 Å². The van der Waals surface area contributed by atoms with Crippen LogP contribution >= 0.6 is 25.3 Å². The normalized spacial score (nSPS) is 8.00. The minimum absolute atomic E-state index is 0.444. The molecule has 3 N–H and O–H groups in total. The molecule has 112 valence electrons. The van der Waals surface area contributed by atoms with Crippen molar-refractivity contribution >= 4 is 42.0 Å². The lowest BCUT2D eigenvalue weighted by Crippen LogP contribution is -2.21. The van der Waals surface area contributed by atoms with Crippen LogP contribution in [0.25, 0.3) is 0 Å². The average Bonchev–Trinajstić information content (AvgIpc) is 2.27. The maximum absolute atomic E-state index is 10.8. The van der Waals surface area contributed by atoms with E-state index in [0.29, 0.717) is 5.75 Å². The third-order valence-electron chi connectivity index (χ3n) is 1.40. The highest BCUT2D eigenvalue weighted by Gasteiger charge is 1.99. The molecule has 0 bridgehead atoms. The standard InChI is InChI=1S/C9H11NO2.2CH2O2S/c1-7-4-3-5-8(6-7)12-9(11)10-2;2*2-1(3)4/h3-6H,1-2H3,(H,10,11);2*4H,(H,2,3). The van der Waals surface area contributed by atoms with E-state index in [0.717, 1.165) is 5.56 Å². The Hall–Kier alpha value is -1.87. The Morgan fingerprint density at radius 1 is 1.15 bits per heavy atom. The summed E-state index contributed by atoms with van der Waals surface area (Å²) in [7, 11) is 1.53. The predicted molar refractivity (Wildman–Crippen MR) is 80.3 cm³/mol. The summed E-state index contributed by atoms with van der Waals surface area (Å²) in [6, 6.07) is 7.32. The summed E-state index contributed by atoms with van der Waals surface area (Å²) in [5, 5.41) is 14.7. The van der Waals surface area contributed by atoms with E-state index in [2.05, 4.69) is 30.6 Å². The number of carbonyl (C=O) groups excluding carboxylic acids is 1. The molecule has 0 aromatic heterocycles. The van der Waals surface area contributed by atoms with Gasteiger partial charge in [-0.05, 0) is 24.6 Å². The Kier molecular flexibility index (Phi) is 12.5. The van der Waals surface area contributed by atoms with Crippen molar-refractivity contribution in [3.05, 3.63) is 29.8 Å². The van der Waals surface area contributed by atoms with Gasteiger partial charge in [0.15, 0.2) is 0 Å². The highest BCUT2D eigenvalue weighted by Crippen LogP contribution is 2.11. The van der Waals surface area contributed by atoms with Crippen LogP contribution in [0.3, 0.4) is 0 Å². The van der Waals surface area contributed by atoms with Crippen LogP contribution in [0.15, 0.2) is 24.3 Å². The molecule has 0 fully saturated rings. The van der Waals surface area contributed by atoms with Crippen molar-refractivity contribution < 1.29 is 29.3 Å². The van der Waals surface area contributed by atoms with Gasteiger partial charge in [0.25, 0.3) is 0 Å². The zero-order chi connectivity index (χ0) is 16.1. The van der Waals surface area contributed by atoms with Gasteiger partial charge in [0, 0.05) is 7.05 Å². The summed E-state index contributed by atoms with van der Waals surface area (Å²) in [5.74, 6) is 0.564. The minimum atomic E-state index is -1.14. The number of carboxylic acid groups (broad SMARTS) is 2. The second-order valence-electron chi connectivity index (χ2n) is 3.02. The smallest absolute Gasteiger partial charge is 0.412 e. The summed E-state index contributed by atoms with van der Waals surface area (Å²) in [6.07, 6.45) is -0.444. The summed E-state index contributed by atoms with van der Waals surface area (Å²) >= 11 is 5.77. The lowest BCUT2D eigenvalue weighted by atomic mass is 10.2. The number of aryl methyl sites for hydroxylation is 1. The molecular formula is C11H15NO6S2. The Labute approximate surface area is 126 Å². The van der Waals surface area contributed by atoms with Crippen molar-refractivity contribution in [1.29, 1.82) is 0 Å². The fourth-order valence-electron chi connectivity index (χ4n) is 0.837. The average molecular weight is 321 g/mol. The molecule has 0 saturated carbocycles. The first-order valence-corrected chi connectivity index (χ1v) is 5.88. The molecule has 0 radical (unpaired) electrons. The Morgan fingerprint density at radius 3 is 1.95 bits per heavy atom. The number of rotatable bonds is 1. The molecule has 1 amide bonds. The number of ether oxygens (including phenoxy) is 1. The van der Waals surface area contributed by atoms with Gasteiger partial charge in [-0.2, -0.15) is 0 Å². The van der Waals surface area contributed by atoms with Crippen LogP contribution in [0.4, 0.5) is 14.4 Å². The highest BCUT2D eigenvalue weighted by molar-refractivity contribution is 7.96. The Balaban J connectivity index is 0. The van der Waals surface area contributed by atoms with Crippen molar-refractivity contribution in [3.63, 3.8) is 0 Å². The van der Waals surface area contributed by atoms with Gasteiger partial charge in [-0.25, -0.2) is 14.4 Å². The van der Waals surface area contributed by atoms with Crippen molar-refractivity contribution in [2.75, 3.05) is 7.05 Å². The Bertz CT molecular complexity index is 432. The fraction of sp³-hybridized carbons (Fsp3) is 0.182. The topological polar surface area (TPSA) is 113 Å². The van der Waals surface area contributed by atoms with E-state index in [1.54, 1.807) is 12.1 Å². The molecule has 0 aliphatic rings. The molecule has 1 aromatic rings. The zero-order valence-corrected chi connectivity index (χ0v) is 12.5. The third kappa shape index (κ3) is 18.5. The van der Waals surface area contributed by atoms with Crippen LogP contribution in [-0.2, 0) is 0 Å². The van der Waals surface area contributed by atoms with Gasteiger partial charge in [-0.1, -0.05) is 37.4 Å². The number of nitrogens with one attached hydrogen (secondary N) is 1. The molecule has 1 aromatic carbocycles. The summed E-state index contributed by atoms with van der Waals surface area (Å²) in [5.41, 5.74) is 1.07. The molecule has 0 saturated heterocycles. The molecule has 0 atom stereocenters. The van der Waals surface area contributed by atoms with Crippen LogP contribution in [0.1, 0.15) is 5.56 Å². The quantitative estimate of drug-likeness (QED) is 0.508. The molecular weight excluding hydrogens is 306 g/mol. The largest absolute Gasteiger partial charge is 0.473 e. The van der Waals surface area contributed by atoms with Gasteiger partial charge < -0.3 is 20.3 Å². The molecule has 0 aliphatic carbocycles. The van der Waals surface area contributed by atoms with Gasteiger partial charge in [0.05, 0.1) is 0 Å². The van der Waals surface area contributed by atoms with E-state index >= 15 is 0 Å². The number of benzene rings is 1. The van der Waals surface area contributed by atoms with Crippen LogP contribution in [0.5, 0.6) is 5.75 Å². The van der Waals surface area contributed by atoms with Crippen LogP contribution in [0.2, 0.25) is 0 Å². The summed E-state index contributed by atoms with van der Waals surface area (Å²) < 4.78 is 4.89. The Morgan fingerprint density at radius 2 is 1.60 bits per heavy atom. The van der Waals surface area contributed by atoms with Gasteiger partial charge in [0.2, 0.25) is 0 Å². The fourth-order valence-corrected chi connectivity index (χ4v) is 0.837. The zero-order valence-electron chi connectivity index (χ0n) is 10.7. The van der Waals surface area contributed by atoms with Crippen molar-refractivity contribution in [2.24, 2.45) is 0 Å². The first kappa shape index (κ1) is 20.4. The first-order valence-electron chi connectivity index (χ1n) is 4.99. The molecule has 0 spiro atoms. The summed E-state index contributed by atoms with van der Waals surface area (Å²) in [6.45, 7) is 1.94. The van der Waals surface area contributed by atoms with Crippen LogP contribution in [0, 0.1) is 6.92 Å². The number of hydrogen-bond acceptors (Lipinski definition) is 4. The maximum Gasteiger partial charge on any atom is 0.412 e. The van der Waals surface area contributed by atoms with Gasteiger partial charge >= 0.3 is 16.7 Å². The maximum atomic E-state index is 10.8. The lowest BCUT2D eigenvalue weighted by molar-refractivity contribution is 0.203. The highest BCUT2D eigenvalue weighted by atomic mass is 32.1. The van der Waals surface area contributed by atoms with E-state index in [-0.39, 0.29) is 0 Å². The van der Waals surface area contributed by atoms with Crippen molar-refractivity contribution in [3.8, 4) is 5.75 Å².